The summed E-state index contributed by atoms with van der Waals surface area (Å²) in [4.78, 5) is 28.4. The highest BCUT2D eigenvalue weighted by Crippen LogP contribution is 2.33. The Balaban J connectivity index is 2.02. The van der Waals surface area contributed by atoms with Gasteiger partial charge >= 0.3 is 0 Å². The second-order valence-electron chi connectivity index (χ2n) is 9.52. The Kier molecular flexibility index (Phi) is 11.1. The van der Waals surface area contributed by atoms with E-state index in [-0.39, 0.29) is 23.0 Å². The molecule has 0 saturated carbocycles. The number of para-hydroxylation sites is 2. The molecule has 0 heterocycles. The van der Waals surface area contributed by atoms with Crippen LogP contribution in [0.4, 0.5) is 5.69 Å². The van der Waals surface area contributed by atoms with Crippen molar-refractivity contribution in [2.24, 2.45) is 0 Å². The first-order valence-electron chi connectivity index (χ1n) is 13.6. The second-order valence-corrected chi connectivity index (χ2v) is 11.4. The number of hydrogen-bond acceptors (Lipinski definition) is 5. The number of benzene rings is 3. The topological polar surface area (TPSA) is 96.0 Å². The van der Waals surface area contributed by atoms with Crippen molar-refractivity contribution in [2.75, 3.05) is 30.5 Å². The molecule has 0 radical (unpaired) electrons. The molecule has 0 saturated heterocycles. The summed E-state index contributed by atoms with van der Waals surface area (Å²) in [5, 5.41) is 2.85. The van der Waals surface area contributed by atoms with Crippen LogP contribution in [0, 0.1) is 6.92 Å². The van der Waals surface area contributed by atoms with E-state index in [2.05, 4.69) is 5.32 Å². The maximum atomic E-state index is 14.0. The van der Waals surface area contributed by atoms with Crippen molar-refractivity contribution >= 4 is 27.5 Å². The highest BCUT2D eigenvalue weighted by Gasteiger charge is 2.33. The molecule has 0 spiro atoms. The van der Waals surface area contributed by atoms with E-state index in [0.29, 0.717) is 25.3 Å². The van der Waals surface area contributed by atoms with Crippen LogP contribution in [0.3, 0.4) is 0 Å². The van der Waals surface area contributed by atoms with Crippen LogP contribution in [0.5, 0.6) is 5.75 Å². The molecule has 0 aliphatic heterocycles. The van der Waals surface area contributed by atoms with E-state index in [9.17, 15) is 18.0 Å². The van der Waals surface area contributed by atoms with Gasteiger partial charge in [0.2, 0.25) is 11.8 Å². The van der Waals surface area contributed by atoms with Gasteiger partial charge in [-0.25, -0.2) is 8.42 Å². The standard InChI is InChI=1S/C31H39N3O5S/c1-5-21-32-31(36)25(4)33(22-20-26-12-8-7-9-13-26)30(35)23-34(28-14-10-11-15-29(28)39-6-2)40(37,38)27-18-16-24(3)17-19-27/h7-19,25H,5-6,20-23H2,1-4H3,(H,32,36)/t25-/m0/s1. The maximum absolute atomic E-state index is 14.0. The molecule has 0 aliphatic rings. The van der Waals surface area contributed by atoms with Gasteiger partial charge in [-0.1, -0.05) is 67.1 Å². The minimum Gasteiger partial charge on any atom is -0.492 e. The molecule has 8 nitrogen and oxygen atoms in total. The van der Waals surface area contributed by atoms with Crippen molar-refractivity contribution < 1.29 is 22.7 Å². The number of anilines is 1. The van der Waals surface area contributed by atoms with Crippen LogP contribution in [0.1, 0.15) is 38.3 Å². The van der Waals surface area contributed by atoms with Crippen LogP contribution >= 0.6 is 0 Å². The lowest BCUT2D eigenvalue weighted by Crippen LogP contribution is -2.52. The summed E-state index contributed by atoms with van der Waals surface area (Å²) < 4.78 is 34.8. The number of carbonyl (C=O) groups is 2. The van der Waals surface area contributed by atoms with E-state index in [4.69, 9.17) is 4.74 Å². The number of aryl methyl sites for hydroxylation is 1. The molecular formula is C31H39N3O5S. The summed E-state index contributed by atoms with van der Waals surface area (Å²) in [5.74, 6) is -0.430. The third-order valence-electron chi connectivity index (χ3n) is 6.52. The smallest absolute Gasteiger partial charge is 0.264 e. The Morgan fingerprint density at radius 3 is 2.23 bits per heavy atom. The van der Waals surface area contributed by atoms with Gasteiger partial charge in [0, 0.05) is 13.1 Å². The molecule has 3 aromatic rings. The largest absolute Gasteiger partial charge is 0.492 e. The Bertz CT molecular complexity index is 1360. The zero-order chi connectivity index (χ0) is 29.1. The van der Waals surface area contributed by atoms with E-state index in [0.717, 1.165) is 21.9 Å². The number of nitrogens with zero attached hydrogens (tertiary/aromatic N) is 2. The first-order valence-corrected chi connectivity index (χ1v) is 15.0. The fourth-order valence-corrected chi connectivity index (χ4v) is 5.68. The average Bonchev–Trinajstić information content (AvgIpc) is 2.96. The van der Waals surface area contributed by atoms with E-state index >= 15 is 0 Å². The number of ether oxygens (including phenoxy) is 1. The van der Waals surface area contributed by atoms with Gasteiger partial charge < -0.3 is 15.0 Å². The zero-order valence-electron chi connectivity index (χ0n) is 23.7. The number of rotatable bonds is 14. The number of nitrogens with one attached hydrogen (secondary N) is 1. The average molecular weight is 566 g/mol. The van der Waals surface area contributed by atoms with E-state index < -0.39 is 28.5 Å². The van der Waals surface area contributed by atoms with Gasteiger partial charge in [-0.3, -0.25) is 13.9 Å². The van der Waals surface area contributed by atoms with Crippen molar-refractivity contribution in [1.29, 1.82) is 0 Å². The molecule has 1 atom stereocenters. The minimum absolute atomic E-state index is 0.0572. The molecule has 0 aliphatic carbocycles. The van der Waals surface area contributed by atoms with Crippen LogP contribution in [-0.2, 0) is 26.0 Å². The summed E-state index contributed by atoms with van der Waals surface area (Å²) in [5.41, 5.74) is 2.17. The molecule has 1 N–H and O–H groups in total. The quantitative estimate of drug-likeness (QED) is 0.309. The molecule has 9 heteroatoms. The third-order valence-corrected chi connectivity index (χ3v) is 8.30. The Labute approximate surface area is 238 Å². The van der Waals surface area contributed by atoms with Crippen LogP contribution in [0.25, 0.3) is 0 Å². The molecule has 0 unspecified atom stereocenters. The van der Waals surface area contributed by atoms with Crippen molar-refractivity contribution in [2.45, 2.75) is 51.5 Å². The molecule has 0 bridgehead atoms. The Hall–Kier alpha value is -3.85. The maximum Gasteiger partial charge on any atom is 0.264 e. The van der Waals surface area contributed by atoms with Crippen molar-refractivity contribution in [1.82, 2.24) is 10.2 Å². The van der Waals surface area contributed by atoms with Gasteiger partial charge in [0.25, 0.3) is 10.0 Å². The first-order chi connectivity index (χ1) is 19.2. The highest BCUT2D eigenvalue weighted by molar-refractivity contribution is 7.92. The number of amides is 2. The van der Waals surface area contributed by atoms with Crippen LogP contribution in [-0.4, -0.2) is 57.4 Å². The molecule has 40 heavy (non-hydrogen) atoms. The minimum atomic E-state index is -4.16. The molecule has 3 aromatic carbocycles. The van der Waals surface area contributed by atoms with Crippen molar-refractivity contribution in [3.8, 4) is 5.75 Å². The van der Waals surface area contributed by atoms with Gasteiger partial charge in [-0.15, -0.1) is 0 Å². The summed E-state index contributed by atoms with van der Waals surface area (Å²) in [6, 6.07) is 22.1. The van der Waals surface area contributed by atoms with Gasteiger partial charge in [-0.05, 0) is 63.4 Å². The summed E-state index contributed by atoms with van der Waals surface area (Å²) in [6.45, 7) is 7.85. The van der Waals surface area contributed by atoms with Gasteiger partial charge in [-0.2, -0.15) is 0 Å². The SMILES string of the molecule is CCCNC(=O)[C@H](C)N(CCc1ccccc1)C(=O)CN(c1ccccc1OCC)S(=O)(=O)c1ccc(C)cc1. The summed E-state index contributed by atoms with van der Waals surface area (Å²) in [7, 11) is -4.16. The zero-order valence-corrected chi connectivity index (χ0v) is 24.5. The predicted octanol–water partition coefficient (Wildman–Crippen LogP) is 4.58. The highest BCUT2D eigenvalue weighted by atomic mass is 32.2. The summed E-state index contributed by atoms with van der Waals surface area (Å²) >= 11 is 0. The fourth-order valence-electron chi connectivity index (χ4n) is 4.26. The van der Waals surface area contributed by atoms with Gasteiger partial charge in [0.1, 0.15) is 18.3 Å². The Morgan fingerprint density at radius 1 is 0.925 bits per heavy atom. The normalized spacial score (nSPS) is 11.9. The van der Waals surface area contributed by atoms with Gasteiger partial charge in [0.05, 0.1) is 17.2 Å². The number of carbonyl (C=O) groups excluding carboxylic acids is 2. The molecule has 0 aromatic heterocycles. The van der Waals surface area contributed by atoms with E-state index in [1.165, 1.54) is 17.0 Å². The summed E-state index contributed by atoms with van der Waals surface area (Å²) in [6.07, 6.45) is 1.27. The van der Waals surface area contributed by atoms with E-state index in [1.807, 2.05) is 51.1 Å². The molecule has 3 rings (SSSR count). The van der Waals surface area contributed by atoms with Crippen LogP contribution in [0.2, 0.25) is 0 Å². The molecular weight excluding hydrogens is 526 g/mol. The van der Waals surface area contributed by atoms with Crippen LogP contribution in [0.15, 0.2) is 83.8 Å². The lowest BCUT2D eigenvalue weighted by molar-refractivity contribution is -0.138. The molecule has 0 fully saturated rings. The van der Waals surface area contributed by atoms with Gasteiger partial charge in [0.15, 0.2) is 0 Å². The Morgan fingerprint density at radius 2 is 1.57 bits per heavy atom. The number of sulfonamides is 1. The van der Waals surface area contributed by atoms with E-state index in [1.54, 1.807) is 43.3 Å². The first kappa shape index (κ1) is 30.7. The molecule has 2 amide bonds. The second kappa shape index (κ2) is 14.5. The number of hydrogen-bond donors (Lipinski definition) is 1. The predicted molar refractivity (Wildman–Crippen MR) is 158 cm³/mol. The molecule has 214 valence electrons. The monoisotopic (exact) mass is 565 g/mol. The van der Waals surface area contributed by atoms with Crippen molar-refractivity contribution in [3.05, 3.63) is 90.0 Å². The fraction of sp³-hybridized carbons (Fsp3) is 0.355. The third kappa shape index (κ3) is 7.85. The lowest BCUT2D eigenvalue weighted by Gasteiger charge is -2.32. The van der Waals surface area contributed by atoms with Crippen molar-refractivity contribution in [3.63, 3.8) is 0 Å². The van der Waals surface area contributed by atoms with Crippen LogP contribution < -0.4 is 14.4 Å². The lowest BCUT2D eigenvalue weighted by atomic mass is 10.1.